The number of amides is 1. The van der Waals surface area contributed by atoms with Crippen molar-refractivity contribution in [1.82, 2.24) is 24.9 Å². The fourth-order valence-electron chi connectivity index (χ4n) is 3.36. The molecule has 1 aromatic carbocycles. The van der Waals surface area contributed by atoms with E-state index in [4.69, 9.17) is 9.47 Å². The Balaban J connectivity index is 1.38. The Morgan fingerprint density at radius 3 is 2.79 bits per heavy atom. The highest BCUT2D eigenvalue weighted by molar-refractivity contribution is 7.98. The molecular weight excluding hydrogens is 390 g/mol. The van der Waals surface area contributed by atoms with Gasteiger partial charge in [-0.05, 0) is 49.8 Å². The summed E-state index contributed by atoms with van der Waals surface area (Å²) >= 11 is 1.48. The molecule has 0 aliphatic carbocycles. The summed E-state index contributed by atoms with van der Waals surface area (Å²) in [4.78, 5) is 21.3. The van der Waals surface area contributed by atoms with Gasteiger partial charge in [0, 0.05) is 24.4 Å². The van der Waals surface area contributed by atoms with Crippen LogP contribution in [0.4, 0.5) is 0 Å². The van der Waals surface area contributed by atoms with Crippen molar-refractivity contribution in [2.45, 2.75) is 38.4 Å². The van der Waals surface area contributed by atoms with Gasteiger partial charge in [0.25, 0.3) is 5.78 Å². The first-order valence-corrected chi connectivity index (χ1v) is 10.7. The van der Waals surface area contributed by atoms with Crippen LogP contribution in [0.5, 0.6) is 11.5 Å². The van der Waals surface area contributed by atoms with E-state index in [1.54, 1.807) is 4.52 Å². The highest BCUT2D eigenvalue weighted by Gasteiger charge is 2.15. The lowest BCUT2D eigenvalue weighted by molar-refractivity contribution is -0.121. The van der Waals surface area contributed by atoms with E-state index in [1.165, 1.54) is 11.8 Å². The molecule has 0 fully saturated rings. The van der Waals surface area contributed by atoms with E-state index in [0.717, 1.165) is 34.0 Å². The monoisotopic (exact) mass is 413 g/mol. The summed E-state index contributed by atoms with van der Waals surface area (Å²) < 4.78 is 12.9. The van der Waals surface area contributed by atoms with E-state index in [1.807, 2.05) is 38.3 Å². The molecule has 8 nitrogen and oxygen atoms in total. The number of aromatic nitrogens is 4. The number of nitrogens with one attached hydrogen (secondary N) is 1. The average molecular weight is 414 g/mol. The minimum Gasteiger partial charge on any atom is -0.486 e. The Hall–Kier alpha value is -2.81. The van der Waals surface area contributed by atoms with Gasteiger partial charge in [-0.15, -0.1) is 5.10 Å². The minimum atomic E-state index is -0.0119. The normalized spacial score (nSPS) is 12.9. The smallest absolute Gasteiger partial charge is 0.253 e. The van der Waals surface area contributed by atoms with Crippen LogP contribution >= 0.6 is 11.8 Å². The molecule has 4 rings (SSSR count). The van der Waals surface area contributed by atoms with Crippen molar-refractivity contribution in [2.24, 2.45) is 0 Å². The third-order valence-corrected chi connectivity index (χ3v) is 5.45. The van der Waals surface area contributed by atoms with Gasteiger partial charge in [-0.2, -0.15) is 4.98 Å². The summed E-state index contributed by atoms with van der Waals surface area (Å²) in [6.07, 6.45) is 2.91. The van der Waals surface area contributed by atoms with E-state index in [2.05, 4.69) is 20.4 Å². The van der Waals surface area contributed by atoms with Crippen LogP contribution in [0, 0.1) is 13.8 Å². The second kappa shape index (κ2) is 8.28. The summed E-state index contributed by atoms with van der Waals surface area (Å²) in [6, 6.07) is 5.73. The Morgan fingerprint density at radius 2 is 2.00 bits per heavy atom. The number of nitrogens with zero attached hydrogens (tertiary/aromatic N) is 4. The fourth-order valence-corrected chi connectivity index (χ4v) is 3.70. The van der Waals surface area contributed by atoms with Crippen LogP contribution in [0.25, 0.3) is 5.78 Å². The predicted molar refractivity (Wildman–Crippen MR) is 110 cm³/mol. The van der Waals surface area contributed by atoms with Crippen molar-refractivity contribution >= 4 is 23.4 Å². The van der Waals surface area contributed by atoms with Gasteiger partial charge >= 0.3 is 0 Å². The molecule has 0 saturated carbocycles. The van der Waals surface area contributed by atoms with Crippen molar-refractivity contribution in [3.8, 4) is 11.5 Å². The van der Waals surface area contributed by atoms with Gasteiger partial charge in [0.15, 0.2) is 11.5 Å². The van der Waals surface area contributed by atoms with Crippen molar-refractivity contribution in [1.29, 1.82) is 0 Å². The molecule has 0 spiro atoms. The van der Waals surface area contributed by atoms with E-state index in [-0.39, 0.29) is 5.91 Å². The van der Waals surface area contributed by atoms with Crippen LogP contribution in [-0.2, 0) is 17.8 Å². The number of hydrogen-bond donors (Lipinski definition) is 1. The number of thioether (sulfide) groups is 1. The lowest BCUT2D eigenvalue weighted by atomic mass is 10.1. The lowest BCUT2D eigenvalue weighted by Crippen LogP contribution is -2.23. The second-order valence-corrected chi connectivity index (χ2v) is 7.60. The van der Waals surface area contributed by atoms with Gasteiger partial charge in [0.05, 0.1) is 0 Å². The lowest BCUT2D eigenvalue weighted by Gasteiger charge is -2.19. The van der Waals surface area contributed by atoms with E-state index < -0.39 is 0 Å². The average Bonchev–Trinajstić information content (AvgIpc) is 3.15. The third kappa shape index (κ3) is 4.14. The summed E-state index contributed by atoms with van der Waals surface area (Å²) in [7, 11) is 0. The Labute approximate surface area is 173 Å². The molecule has 3 heterocycles. The Bertz CT molecular complexity index is 1070. The Kier molecular flexibility index (Phi) is 5.57. The van der Waals surface area contributed by atoms with Crippen LogP contribution in [0.15, 0.2) is 23.4 Å². The van der Waals surface area contributed by atoms with E-state index in [9.17, 15) is 4.79 Å². The van der Waals surface area contributed by atoms with Crippen molar-refractivity contribution in [2.75, 3.05) is 19.5 Å². The molecule has 0 bridgehead atoms. The third-order valence-electron chi connectivity index (χ3n) is 4.91. The summed E-state index contributed by atoms with van der Waals surface area (Å²) in [6.45, 7) is 5.50. The molecule has 3 aromatic rings. The number of aryl methyl sites for hydroxylation is 2. The molecule has 1 amide bonds. The Morgan fingerprint density at radius 1 is 1.21 bits per heavy atom. The largest absolute Gasteiger partial charge is 0.486 e. The topological polar surface area (TPSA) is 90.6 Å². The first-order chi connectivity index (χ1) is 14.0. The molecule has 0 atom stereocenters. The zero-order chi connectivity index (χ0) is 20.4. The van der Waals surface area contributed by atoms with Gasteiger partial charge < -0.3 is 14.8 Å². The first kappa shape index (κ1) is 19.5. The van der Waals surface area contributed by atoms with Gasteiger partial charge in [-0.25, -0.2) is 9.50 Å². The van der Waals surface area contributed by atoms with Crippen LogP contribution in [0.1, 0.15) is 28.9 Å². The van der Waals surface area contributed by atoms with Gasteiger partial charge in [0.2, 0.25) is 11.1 Å². The predicted octanol–water partition coefficient (Wildman–Crippen LogP) is 2.48. The SMILES string of the molecule is CSc1nc2nc(C)c(CCC(=O)NCc3ccc4c(c3)OCCO4)c(C)n2n1. The fraction of sp³-hybridized carbons (Fsp3) is 0.400. The molecule has 0 saturated heterocycles. The maximum atomic E-state index is 12.4. The number of rotatable bonds is 6. The maximum Gasteiger partial charge on any atom is 0.253 e. The van der Waals surface area contributed by atoms with Gasteiger partial charge in [0.1, 0.15) is 13.2 Å². The van der Waals surface area contributed by atoms with Crippen molar-refractivity contribution in [3.05, 3.63) is 40.7 Å². The standard InChI is InChI=1S/C20H23N5O3S/c1-12-15(13(2)25-19(22-12)23-20(24-25)29-3)5-7-18(26)21-11-14-4-6-16-17(10-14)28-9-8-27-16/h4,6,10H,5,7-9,11H2,1-3H3,(H,21,26). The first-order valence-electron chi connectivity index (χ1n) is 9.47. The van der Waals surface area contributed by atoms with Crippen LogP contribution in [0.2, 0.25) is 0 Å². The minimum absolute atomic E-state index is 0.0119. The quantitative estimate of drug-likeness (QED) is 0.621. The van der Waals surface area contributed by atoms with Crippen LogP contribution < -0.4 is 14.8 Å². The molecule has 0 unspecified atom stereocenters. The molecule has 9 heteroatoms. The van der Waals surface area contributed by atoms with E-state index in [0.29, 0.717) is 43.5 Å². The van der Waals surface area contributed by atoms with Crippen molar-refractivity contribution < 1.29 is 14.3 Å². The highest BCUT2D eigenvalue weighted by Crippen LogP contribution is 2.30. The maximum absolute atomic E-state index is 12.4. The van der Waals surface area contributed by atoms with E-state index >= 15 is 0 Å². The number of ether oxygens (including phenoxy) is 2. The summed E-state index contributed by atoms with van der Waals surface area (Å²) in [5.41, 5.74) is 3.87. The molecule has 152 valence electrons. The summed E-state index contributed by atoms with van der Waals surface area (Å²) in [5.74, 6) is 2.06. The number of carbonyl (C=O) groups excluding carboxylic acids is 1. The summed E-state index contributed by atoms with van der Waals surface area (Å²) in [5, 5.41) is 8.11. The number of hydrogen-bond acceptors (Lipinski definition) is 7. The number of fused-ring (bicyclic) bond motifs is 2. The molecular formula is C20H23N5O3S. The molecule has 2 aromatic heterocycles. The van der Waals surface area contributed by atoms with Crippen LogP contribution in [-0.4, -0.2) is 45.0 Å². The molecule has 0 radical (unpaired) electrons. The second-order valence-electron chi connectivity index (χ2n) is 6.83. The zero-order valence-corrected chi connectivity index (χ0v) is 17.5. The molecule has 1 aliphatic heterocycles. The van der Waals surface area contributed by atoms with Crippen molar-refractivity contribution in [3.63, 3.8) is 0 Å². The van der Waals surface area contributed by atoms with Crippen LogP contribution in [0.3, 0.4) is 0 Å². The zero-order valence-electron chi connectivity index (χ0n) is 16.7. The highest BCUT2D eigenvalue weighted by atomic mass is 32.2. The molecule has 1 aliphatic rings. The van der Waals surface area contributed by atoms with Gasteiger partial charge in [-0.3, -0.25) is 4.79 Å². The number of benzene rings is 1. The number of carbonyl (C=O) groups is 1. The van der Waals surface area contributed by atoms with Gasteiger partial charge in [-0.1, -0.05) is 17.8 Å². The molecule has 29 heavy (non-hydrogen) atoms. The molecule has 1 N–H and O–H groups in total.